The minimum absolute atomic E-state index is 0.0448. The zero-order chi connectivity index (χ0) is 14.5. The Morgan fingerprint density at radius 1 is 1.40 bits per heavy atom. The van der Waals surface area contributed by atoms with Crippen LogP contribution >= 0.6 is 22.9 Å². The molecular weight excluding hydrogens is 294 g/mol. The second kappa shape index (κ2) is 6.83. The number of benzene rings is 1. The molecule has 0 aliphatic heterocycles. The van der Waals surface area contributed by atoms with Gasteiger partial charge in [-0.3, -0.25) is 4.79 Å². The van der Waals surface area contributed by atoms with E-state index in [2.05, 4.69) is 10.3 Å². The average molecular weight is 310 g/mol. The maximum Gasteiger partial charge on any atom is 0.238 e. The Morgan fingerprint density at radius 3 is 2.80 bits per heavy atom. The van der Waals surface area contributed by atoms with E-state index in [9.17, 15) is 4.79 Å². The van der Waals surface area contributed by atoms with E-state index < -0.39 is 0 Å². The second-order valence-electron chi connectivity index (χ2n) is 4.61. The topological polar surface area (TPSA) is 45.2 Å². The molecule has 0 spiro atoms. The van der Waals surface area contributed by atoms with Gasteiger partial charge in [0.1, 0.15) is 5.01 Å². The lowest BCUT2D eigenvalue weighted by Crippen LogP contribution is -2.27. The van der Waals surface area contributed by atoms with Crippen LogP contribution < -0.4 is 5.32 Å². The SMILES string of the molecule is CN(C)CC(=O)Nc1ccccc1-c1nc(CCl)cs1. The van der Waals surface area contributed by atoms with Gasteiger partial charge >= 0.3 is 0 Å². The molecule has 20 heavy (non-hydrogen) atoms. The Balaban J connectivity index is 2.24. The van der Waals surface area contributed by atoms with E-state index in [-0.39, 0.29) is 5.91 Å². The van der Waals surface area contributed by atoms with Crippen LogP contribution in [0.5, 0.6) is 0 Å². The Hall–Kier alpha value is -1.43. The van der Waals surface area contributed by atoms with Crippen molar-refractivity contribution < 1.29 is 4.79 Å². The summed E-state index contributed by atoms with van der Waals surface area (Å²) in [5, 5.41) is 5.71. The van der Waals surface area contributed by atoms with Gasteiger partial charge in [0.05, 0.1) is 23.8 Å². The lowest BCUT2D eigenvalue weighted by atomic mass is 10.2. The first kappa shape index (κ1) is 15.0. The van der Waals surface area contributed by atoms with E-state index in [1.165, 1.54) is 11.3 Å². The molecule has 6 heteroatoms. The van der Waals surface area contributed by atoms with E-state index >= 15 is 0 Å². The van der Waals surface area contributed by atoms with E-state index in [4.69, 9.17) is 11.6 Å². The molecule has 0 atom stereocenters. The molecule has 0 fully saturated rings. The van der Waals surface area contributed by atoms with Gasteiger partial charge in [-0.25, -0.2) is 4.98 Å². The van der Waals surface area contributed by atoms with Crippen molar-refractivity contribution >= 4 is 34.5 Å². The number of aromatic nitrogens is 1. The first-order chi connectivity index (χ1) is 9.60. The maximum atomic E-state index is 11.9. The normalized spacial score (nSPS) is 10.8. The fraction of sp³-hybridized carbons (Fsp3) is 0.286. The summed E-state index contributed by atoms with van der Waals surface area (Å²) in [4.78, 5) is 18.2. The fourth-order valence-corrected chi connectivity index (χ4v) is 2.83. The number of alkyl halides is 1. The first-order valence-electron chi connectivity index (χ1n) is 6.14. The summed E-state index contributed by atoms with van der Waals surface area (Å²) in [5.41, 5.74) is 2.54. The molecule has 0 aliphatic rings. The summed E-state index contributed by atoms with van der Waals surface area (Å²) < 4.78 is 0. The van der Waals surface area contributed by atoms with Crippen LogP contribution in [-0.4, -0.2) is 36.4 Å². The van der Waals surface area contributed by atoms with Crippen molar-refractivity contribution in [1.29, 1.82) is 0 Å². The molecule has 0 radical (unpaired) electrons. The number of nitrogens with zero attached hydrogens (tertiary/aromatic N) is 2. The van der Waals surface area contributed by atoms with Crippen LogP contribution in [0, 0.1) is 0 Å². The second-order valence-corrected chi connectivity index (χ2v) is 5.73. The van der Waals surface area contributed by atoms with Crippen molar-refractivity contribution in [3.8, 4) is 10.6 Å². The van der Waals surface area contributed by atoms with Crippen LogP contribution in [-0.2, 0) is 10.7 Å². The number of carbonyl (C=O) groups excluding carboxylic acids is 1. The zero-order valence-corrected chi connectivity index (χ0v) is 13.0. The predicted octanol–water partition coefficient (Wildman–Crippen LogP) is 3.05. The van der Waals surface area contributed by atoms with E-state index in [1.54, 1.807) is 0 Å². The highest BCUT2D eigenvalue weighted by Crippen LogP contribution is 2.30. The molecule has 4 nitrogen and oxygen atoms in total. The minimum atomic E-state index is -0.0448. The molecule has 1 aromatic heterocycles. The van der Waals surface area contributed by atoms with Gasteiger partial charge in [-0.15, -0.1) is 22.9 Å². The standard InChI is InChI=1S/C14H16ClN3OS/c1-18(2)8-13(19)17-12-6-4-3-5-11(12)14-16-10(7-15)9-20-14/h3-6,9H,7-8H2,1-2H3,(H,17,19). The summed E-state index contributed by atoms with van der Waals surface area (Å²) in [6, 6.07) is 7.65. The number of hydrogen-bond donors (Lipinski definition) is 1. The van der Waals surface area contributed by atoms with E-state index in [1.807, 2.05) is 48.6 Å². The summed E-state index contributed by atoms with van der Waals surface area (Å²) in [5.74, 6) is 0.350. The molecule has 0 saturated carbocycles. The Bertz CT molecular complexity index is 598. The number of rotatable bonds is 5. The minimum Gasteiger partial charge on any atom is -0.324 e. The summed E-state index contributed by atoms with van der Waals surface area (Å²) in [6.07, 6.45) is 0. The molecule has 1 N–H and O–H groups in total. The lowest BCUT2D eigenvalue weighted by Gasteiger charge is -2.12. The third-order valence-corrected chi connectivity index (χ3v) is 3.78. The highest BCUT2D eigenvalue weighted by molar-refractivity contribution is 7.13. The molecule has 106 valence electrons. The smallest absolute Gasteiger partial charge is 0.238 e. The summed E-state index contributed by atoms with van der Waals surface area (Å²) in [6.45, 7) is 0.346. The predicted molar refractivity (Wildman–Crippen MR) is 84.3 cm³/mol. The Labute approximate surface area is 127 Å². The number of likely N-dealkylation sites (N-methyl/N-ethyl adjacent to an activating group) is 1. The lowest BCUT2D eigenvalue weighted by molar-refractivity contribution is -0.116. The molecule has 1 aromatic carbocycles. The van der Waals surface area contributed by atoms with Crippen LogP contribution in [0.3, 0.4) is 0 Å². The van der Waals surface area contributed by atoms with Crippen LogP contribution in [0.4, 0.5) is 5.69 Å². The highest BCUT2D eigenvalue weighted by Gasteiger charge is 2.11. The number of amides is 1. The van der Waals surface area contributed by atoms with Gasteiger partial charge in [-0.1, -0.05) is 12.1 Å². The van der Waals surface area contributed by atoms with Crippen molar-refractivity contribution in [2.24, 2.45) is 0 Å². The molecule has 1 heterocycles. The van der Waals surface area contributed by atoms with Gasteiger partial charge in [0.25, 0.3) is 0 Å². The fourth-order valence-electron chi connectivity index (χ4n) is 1.75. The molecule has 2 rings (SSSR count). The summed E-state index contributed by atoms with van der Waals surface area (Å²) >= 11 is 7.30. The third-order valence-electron chi connectivity index (χ3n) is 2.58. The first-order valence-corrected chi connectivity index (χ1v) is 7.56. The van der Waals surface area contributed by atoms with Crippen LogP contribution in [0.2, 0.25) is 0 Å². The number of hydrogen-bond acceptors (Lipinski definition) is 4. The van der Waals surface area contributed by atoms with Gasteiger partial charge in [0, 0.05) is 10.9 Å². The summed E-state index contributed by atoms with van der Waals surface area (Å²) in [7, 11) is 3.72. The maximum absolute atomic E-state index is 11.9. The number of carbonyl (C=O) groups is 1. The van der Waals surface area contributed by atoms with Gasteiger partial charge in [0.2, 0.25) is 5.91 Å². The van der Waals surface area contributed by atoms with E-state index in [0.717, 1.165) is 22.0 Å². The third kappa shape index (κ3) is 3.79. The van der Waals surface area contributed by atoms with Gasteiger partial charge in [0.15, 0.2) is 0 Å². The largest absolute Gasteiger partial charge is 0.324 e. The van der Waals surface area contributed by atoms with Crippen molar-refractivity contribution in [2.75, 3.05) is 26.0 Å². The molecular formula is C14H16ClN3OS. The van der Waals surface area contributed by atoms with Crippen LogP contribution in [0.1, 0.15) is 5.69 Å². The molecule has 0 bridgehead atoms. The van der Waals surface area contributed by atoms with Crippen molar-refractivity contribution in [1.82, 2.24) is 9.88 Å². The molecule has 1 amide bonds. The zero-order valence-electron chi connectivity index (χ0n) is 11.4. The monoisotopic (exact) mass is 309 g/mol. The highest BCUT2D eigenvalue weighted by atomic mass is 35.5. The number of thiazole rings is 1. The van der Waals surface area contributed by atoms with Gasteiger partial charge in [-0.05, 0) is 26.2 Å². The molecule has 0 aliphatic carbocycles. The van der Waals surface area contributed by atoms with Gasteiger partial charge < -0.3 is 10.2 Å². The number of nitrogens with one attached hydrogen (secondary N) is 1. The Kier molecular flexibility index (Phi) is 5.11. The van der Waals surface area contributed by atoms with E-state index in [0.29, 0.717) is 12.4 Å². The van der Waals surface area contributed by atoms with Crippen molar-refractivity contribution in [3.05, 3.63) is 35.3 Å². The molecule has 0 unspecified atom stereocenters. The molecule has 0 saturated heterocycles. The van der Waals surface area contributed by atoms with Gasteiger partial charge in [-0.2, -0.15) is 0 Å². The average Bonchev–Trinajstić information content (AvgIpc) is 2.87. The van der Waals surface area contributed by atoms with Crippen LogP contribution in [0.25, 0.3) is 10.6 Å². The number of halogens is 1. The van der Waals surface area contributed by atoms with Crippen LogP contribution in [0.15, 0.2) is 29.6 Å². The number of anilines is 1. The quantitative estimate of drug-likeness (QED) is 0.863. The van der Waals surface area contributed by atoms with Crippen molar-refractivity contribution in [2.45, 2.75) is 5.88 Å². The molecule has 2 aromatic rings. The number of para-hydroxylation sites is 1. The van der Waals surface area contributed by atoms with Crippen molar-refractivity contribution in [3.63, 3.8) is 0 Å². The Morgan fingerprint density at radius 2 is 2.15 bits per heavy atom.